The first-order valence-corrected chi connectivity index (χ1v) is 12.0. The number of carbonyl (C=O) groups excluding carboxylic acids is 4. The molecule has 220 valence electrons. The van der Waals surface area contributed by atoms with Gasteiger partial charge in [0.05, 0.1) is 44.2 Å². The molecule has 2 rings (SSSR count). The number of Topliss-reactive ketones (excluding diaryl/α,β-unsaturated/α-hetero) is 1. The second kappa shape index (κ2) is 26.0. The van der Waals surface area contributed by atoms with Gasteiger partial charge in [-0.15, -0.1) is 0 Å². The molecule has 10 heteroatoms. The Morgan fingerprint density at radius 2 is 1.05 bits per heavy atom. The molecule has 0 N–H and O–H groups in total. The number of hydrogen-bond donors (Lipinski definition) is 0. The third-order valence-electron chi connectivity index (χ3n) is 4.78. The minimum Gasteiger partial charge on any atom is -1.00 e. The molecule has 40 heavy (non-hydrogen) atoms. The maximum atomic E-state index is 11.7. The van der Waals surface area contributed by atoms with Crippen molar-refractivity contribution in [3.8, 4) is 0 Å². The van der Waals surface area contributed by atoms with Crippen molar-refractivity contribution in [3.05, 3.63) is 70.8 Å². The van der Waals surface area contributed by atoms with Gasteiger partial charge in [0.25, 0.3) is 0 Å². The number of aryl methyl sites for hydroxylation is 1. The van der Waals surface area contributed by atoms with Crippen LogP contribution in [0.1, 0.15) is 79.6 Å². The molecule has 0 aliphatic heterocycles. The number of rotatable bonds is 14. The van der Waals surface area contributed by atoms with Gasteiger partial charge in [0.2, 0.25) is 0 Å². The van der Waals surface area contributed by atoms with E-state index in [9.17, 15) is 19.2 Å². The van der Waals surface area contributed by atoms with Crippen molar-refractivity contribution in [2.45, 2.75) is 48.5 Å². The summed E-state index contributed by atoms with van der Waals surface area (Å²) in [7, 11) is 1.61. The van der Waals surface area contributed by atoms with Crippen LogP contribution in [0, 0.1) is 6.92 Å². The Morgan fingerprint density at radius 3 is 1.52 bits per heavy atom. The average molecular weight is 589 g/mol. The largest absolute Gasteiger partial charge is 1.00 e. The Bertz CT molecular complexity index is 980. The van der Waals surface area contributed by atoms with Crippen LogP contribution < -0.4 is 51.4 Å². The van der Waals surface area contributed by atoms with E-state index in [0.29, 0.717) is 56.0 Å². The van der Waals surface area contributed by atoms with Gasteiger partial charge < -0.3 is 25.1 Å². The Hall–Kier alpha value is -1.92. The summed E-state index contributed by atoms with van der Waals surface area (Å²) in [4.78, 5) is 44.8. The molecule has 0 atom stereocenters. The molecule has 0 spiro atoms. The molecule has 0 aliphatic rings. The van der Waals surface area contributed by atoms with Crippen LogP contribution in [0.25, 0.3) is 0 Å². The third-order valence-corrected chi connectivity index (χ3v) is 4.78. The molecule has 0 saturated heterocycles. The predicted molar refractivity (Wildman–Crippen MR) is 151 cm³/mol. The quantitative estimate of drug-likeness (QED) is 0.108. The number of ether oxygens (including phenoxy) is 5. The second-order valence-corrected chi connectivity index (χ2v) is 7.92. The van der Waals surface area contributed by atoms with E-state index in [1.165, 1.54) is 13.8 Å². The summed E-state index contributed by atoms with van der Waals surface area (Å²) in [5.41, 5.74) is 2.65. The Balaban J connectivity index is -0.000000307. The van der Waals surface area contributed by atoms with Gasteiger partial charge in [-0.3, -0.25) is 9.59 Å². The fourth-order valence-electron chi connectivity index (χ4n) is 2.72. The SMILES string of the molecule is C.C.CC(=O)OCCCCOC(=O)c1ccc(C(C)=O)cc1.COCCOCCOC(=O)c1ccc(C)cc1.[H-].[K+]. The van der Waals surface area contributed by atoms with Crippen LogP contribution in [-0.4, -0.2) is 70.4 Å². The number of carbonyl (C=O) groups is 4. The van der Waals surface area contributed by atoms with Crippen molar-refractivity contribution in [2.24, 2.45) is 0 Å². The van der Waals surface area contributed by atoms with Crippen LogP contribution in [0.2, 0.25) is 0 Å². The number of ketones is 1. The van der Waals surface area contributed by atoms with Crippen molar-refractivity contribution in [2.75, 3.05) is 46.8 Å². The Kier molecular flexibility index (Phi) is 27.7. The molecule has 0 fully saturated rings. The second-order valence-electron chi connectivity index (χ2n) is 7.92. The van der Waals surface area contributed by atoms with E-state index < -0.39 is 5.97 Å². The van der Waals surface area contributed by atoms with Gasteiger partial charge >= 0.3 is 69.3 Å². The number of methoxy groups -OCH3 is 1. The molecule has 0 bridgehead atoms. The summed E-state index contributed by atoms with van der Waals surface area (Å²) in [6.07, 6.45) is 1.28. The Morgan fingerprint density at radius 1 is 0.625 bits per heavy atom. The maximum absolute atomic E-state index is 11.7. The van der Waals surface area contributed by atoms with Crippen molar-refractivity contribution < 1.29 is 95.7 Å². The molecule has 0 amide bonds. The summed E-state index contributed by atoms with van der Waals surface area (Å²) >= 11 is 0. The van der Waals surface area contributed by atoms with E-state index in [-0.39, 0.29) is 98.6 Å². The first-order chi connectivity index (χ1) is 17.7. The van der Waals surface area contributed by atoms with E-state index >= 15 is 0 Å². The molecule has 2 aromatic rings. The van der Waals surface area contributed by atoms with Gasteiger partial charge in [0, 0.05) is 19.6 Å². The van der Waals surface area contributed by atoms with Crippen LogP contribution in [0.3, 0.4) is 0 Å². The van der Waals surface area contributed by atoms with Gasteiger partial charge in [-0.2, -0.15) is 0 Å². The zero-order chi connectivity index (χ0) is 27.5. The van der Waals surface area contributed by atoms with E-state index in [1.807, 2.05) is 19.1 Å². The maximum Gasteiger partial charge on any atom is 1.00 e. The molecule has 0 saturated carbocycles. The molecule has 0 unspecified atom stereocenters. The monoisotopic (exact) mass is 588 g/mol. The van der Waals surface area contributed by atoms with E-state index in [2.05, 4.69) is 0 Å². The molecule has 0 radical (unpaired) electrons. The summed E-state index contributed by atoms with van der Waals surface area (Å²) in [6.45, 7) is 7.11. The third kappa shape index (κ3) is 20.0. The summed E-state index contributed by atoms with van der Waals surface area (Å²) in [6, 6.07) is 13.6. The normalized spacial score (nSPS) is 9.30. The van der Waals surface area contributed by atoms with E-state index in [0.717, 1.165) is 5.56 Å². The zero-order valence-corrected chi connectivity index (χ0v) is 26.1. The van der Waals surface area contributed by atoms with E-state index in [4.69, 9.17) is 23.7 Å². The minimum atomic E-state index is -0.424. The average Bonchev–Trinajstić information content (AvgIpc) is 2.88. The summed E-state index contributed by atoms with van der Waals surface area (Å²) < 4.78 is 24.9. The van der Waals surface area contributed by atoms with Crippen LogP contribution >= 0.6 is 0 Å². The van der Waals surface area contributed by atoms with Crippen LogP contribution in [0.4, 0.5) is 0 Å². The van der Waals surface area contributed by atoms with Gasteiger partial charge in [-0.1, -0.05) is 44.7 Å². The first kappa shape index (κ1) is 42.5. The van der Waals surface area contributed by atoms with Crippen molar-refractivity contribution in [1.29, 1.82) is 0 Å². The first-order valence-electron chi connectivity index (χ1n) is 12.0. The zero-order valence-electron chi connectivity index (χ0n) is 23.9. The molecule has 2 aromatic carbocycles. The molecule has 0 aliphatic carbocycles. The van der Waals surface area contributed by atoms with Crippen LogP contribution in [0.15, 0.2) is 48.5 Å². The molecular weight excluding hydrogens is 543 g/mol. The molecule has 0 aromatic heterocycles. The molecular formula is C30H45KO9. The Labute approximate surface area is 283 Å². The van der Waals surface area contributed by atoms with Crippen LogP contribution in [0.5, 0.6) is 0 Å². The number of unbranched alkanes of at least 4 members (excludes halogenated alkanes) is 1. The van der Waals surface area contributed by atoms with E-state index in [1.54, 1.807) is 43.5 Å². The summed E-state index contributed by atoms with van der Waals surface area (Å²) in [5, 5.41) is 0. The molecule has 9 nitrogen and oxygen atoms in total. The smallest absolute Gasteiger partial charge is 1.00 e. The predicted octanol–water partition coefficient (Wildman–Crippen LogP) is 2.59. The van der Waals surface area contributed by atoms with Gasteiger partial charge in [-0.25, -0.2) is 9.59 Å². The summed E-state index contributed by atoms with van der Waals surface area (Å²) in [5.74, 6) is -1.10. The van der Waals surface area contributed by atoms with Gasteiger partial charge in [-0.05, 0) is 51.0 Å². The standard InChI is InChI=1S/C15H18O5.C13H18O4.2CH4.K.H/c1-11(16)13-5-7-14(8-6-13)15(18)20-10-4-3-9-19-12(2)17;1-11-3-5-12(6-4-11)13(14)17-10-9-16-8-7-15-2;;;;/h5-8H,3-4,9-10H2,1-2H3;3-6H,7-10H2,1-2H3;2*1H4;;/q;;;;+1;-1. The van der Waals surface area contributed by atoms with Crippen LogP contribution in [-0.2, 0) is 28.5 Å². The molecule has 0 heterocycles. The number of hydrogen-bond acceptors (Lipinski definition) is 9. The topological polar surface area (TPSA) is 114 Å². The number of benzene rings is 2. The van der Waals surface area contributed by atoms with Crippen molar-refractivity contribution in [3.63, 3.8) is 0 Å². The van der Waals surface area contributed by atoms with Crippen molar-refractivity contribution in [1.82, 2.24) is 0 Å². The van der Waals surface area contributed by atoms with Crippen molar-refractivity contribution >= 4 is 23.7 Å². The minimum absolute atomic E-state index is 0. The fourth-order valence-corrected chi connectivity index (χ4v) is 2.72. The fraction of sp³-hybridized carbons (Fsp3) is 0.467. The van der Waals surface area contributed by atoms with Gasteiger partial charge in [0.15, 0.2) is 5.78 Å². The number of esters is 3. The van der Waals surface area contributed by atoms with Gasteiger partial charge in [0.1, 0.15) is 6.61 Å².